The highest BCUT2D eigenvalue weighted by atomic mass is 32.1. The second-order valence-electron chi connectivity index (χ2n) is 8.07. The first kappa shape index (κ1) is 23.2. The van der Waals surface area contributed by atoms with Crippen LogP contribution in [0.3, 0.4) is 0 Å². The third-order valence-corrected chi connectivity index (χ3v) is 6.63. The van der Waals surface area contributed by atoms with Gasteiger partial charge in [0.2, 0.25) is 5.91 Å². The van der Waals surface area contributed by atoms with Crippen LogP contribution in [0.2, 0.25) is 0 Å². The van der Waals surface area contributed by atoms with E-state index in [1.54, 1.807) is 6.07 Å². The summed E-state index contributed by atoms with van der Waals surface area (Å²) >= 11 is 1.45. The fourth-order valence-electron chi connectivity index (χ4n) is 3.64. The molecule has 2 aromatic rings. The predicted octanol–water partition coefficient (Wildman–Crippen LogP) is 3.44. The Morgan fingerprint density at radius 1 is 0.935 bits per heavy atom. The maximum Gasteiger partial charge on any atom is 0.220 e. The smallest absolute Gasteiger partial charge is 0.220 e. The number of hydrogen-bond acceptors (Lipinski definition) is 6. The van der Waals surface area contributed by atoms with E-state index in [1.165, 1.54) is 11.3 Å². The van der Waals surface area contributed by atoms with E-state index in [-0.39, 0.29) is 43.2 Å². The summed E-state index contributed by atoms with van der Waals surface area (Å²) in [4.78, 5) is 42.9. The molecule has 0 unspecified atom stereocenters. The van der Waals surface area contributed by atoms with Gasteiger partial charge >= 0.3 is 0 Å². The molecule has 2 heterocycles. The molecule has 166 valence electrons. The largest absolute Gasteiger partial charge is 0.369 e. The van der Waals surface area contributed by atoms with Gasteiger partial charge in [-0.25, -0.2) is 0 Å². The molecule has 31 heavy (non-hydrogen) atoms. The second kappa shape index (κ2) is 11.2. The highest BCUT2D eigenvalue weighted by Gasteiger charge is 2.17. The Morgan fingerprint density at radius 3 is 2.35 bits per heavy atom. The van der Waals surface area contributed by atoms with Gasteiger partial charge in [0.1, 0.15) is 5.78 Å². The number of Topliss-reactive ketones (excluding diaryl/α,β-unsaturated/α-hetero) is 2. The summed E-state index contributed by atoms with van der Waals surface area (Å²) in [7, 11) is 2.13. The molecule has 0 aliphatic carbocycles. The summed E-state index contributed by atoms with van der Waals surface area (Å²) in [5.41, 5.74) is 2.25. The molecular weight excluding hydrogens is 410 g/mol. The first-order valence-electron chi connectivity index (χ1n) is 10.8. The minimum atomic E-state index is -0.137. The minimum Gasteiger partial charge on any atom is -0.369 e. The Labute approximate surface area is 188 Å². The molecule has 1 amide bonds. The number of anilines is 1. The van der Waals surface area contributed by atoms with Gasteiger partial charge in [-0.1, -0.05) is 18.2 Å². The maximum atomic E-state index is 12.3. The van der Waals surface area contributed by atoms with Crippen LogP contribution in [0.1, 0.15) is 45.8 Å². The topological polar surface area (TPSA) is 69.7 Å². The summed E-state index contributed by atoms with van der Waals surface area (Å²) in [6.45, 7) is 6.40. The molecule has 1 aliphatic heterocycles. The third-order valence-electron chi connectivity index (χ3n) is 5.59. The van der Waals surface area contributed by atoms with Crippen molar-refractivity contribution in [3.63, 3.8) is 0 Å². The lowest BCUT2D eigenvalue weighted by Crippen LogP contribution is -2.45. The number of nitrogens with one attached hydrogen (secondary N) is 1. The molecule has 6 nitrogen and oxygen atoms in total. The molecule has 1 aromatic heterocycles. The van der Waals surface area contributed by atoms with Gasteiger partial charge in [-0.15, -0.1) is 11.3 Å². The quantitative estimate of drug-likeness (QED) is 0.572. The number of aryl methyl sites for hydroxylation is 1. The third kappa shape index (κ3) is 7.01. The van der Waals surface area contributed by atoms with E-state index in [9.17, 15) is 14.4 Å². The molecule has 7 heteroatoms. The Bertz CT molecular complexity index is 916. The molecule has 0 bridgehead atoms. The number of para-hydroxylation sites is 1. The molecule has 0 radical (unpaired) electrons. The Hall–Kier alpha value is -2.51. The van der Waals surface area contributed by atoms with E-state index in [2.05, 4.69) is 28.2 Å². The lowest BCUT2D eigenvalue weighted by atomic mass is 10.1. The average Bonchev–Trinajstić information content (AvgIpc) is 3.22. The number of nitrogens with zero attached hydrogens (tertiary/aromatic N) is 2. The Balaban J connectivity index is 1.40. The van der Waals surface area contributed by atoms with Crippen molar-refractivity contribution in [2.45, 2.75) is 39.2 Å². The molecular formula is C24H31N3O3S. The summed E-state index contributed by atoms with van der Waals surface area (Å²) in [6, 6.07) is 11.9. The summed E-state index contributed by atoms with van der Waals surface area (Å²) < 4.78 is 0. The minimum absolute atomic E-state index is 0.00332. The summed E-state index contributed by atoms with van der Waals surface area (Å²) in [6.07, 6.45) is 0.721. The molecule has 1 aromatic carbocycles. The summed E-state index contributed by atoms with van der Waals surface area (Å²) in [5, 5.41) is 2.94. The van der Waals surface area contributed by atoms with Crippen molar-refractivity contribution >= 4 is 34.5 Å². The van der Waals surface area contributed by atoms with Crippen molar-refractivity contribution in [1.29, 1.82) is 0 Å². The van der Waals surface area contributed by atoms with Gasteiger partial charge in [0.25, 0.3) is 0 Å². The van der Waals surface area contributed by atoms with Crippen LogP contribution in [-0.2, 0) is 16.1 Å². The number of hydrogen-bond donors (Lipinski definition) is 1. The lowest BCUT2D eigenvalue weighted by Gasteiger charge is -2.35. The molecule has 0 atom stereocenters. The van der Waals surface area contributed by atoms with E-state index in [0.717, 1.165) is 42.3 Å². The van der Waals surface area contributed by atoms with E-state index >= 15 is 0 Å². The van der Waals surface area contributed by atoms with Crippen LogP contribution in [0.5, 0.6) is 0 Å². The van der Waals surface area contributed by atoms with Crippen molar-refractivity contribution in [3.8, 4) is 0 Å². The molecule has 0 saturated carbocycles. The molecule has 1 fully saturated rings. The monoisotopic (exact) mass is 441 g/mol. The first-order chi connectivity index (χ1) is 14.9. The predicted molar refractivity (Wildman–Crippen MR) is 125 cm³/mol. The maximum absolute atomic E-state index is 12.3. The fourth-order valence-corrected chi connectivity index (χ4v) is 4.47. The number of benzene rings is 1. The zero-order chi connectivity index (χ0) is 22.2. The number of thiophene rings is 1. The number of carbonyl (C=O) groups excluding carboxylic acids is 3. The number of rotatable bonds is 10. The van der Waals surface area contributed by atoms with Gasteiger partial charge < -0.3 is 15.1 Å². The van der Waals surface area contributed by atoms with E-state index in [1.807, 2.05) is 31.2 Å². The first-order valence-corrected chi connectivity index (χ1v) is 11.6. The van der Waals surface area contributed by atoms with Crippen LogP contribution in [0, 0.1) is 6.92 Å². The molecule has 3 rings (SSSR count). The van der Waals surface area contributed by atoms with Gasteiger partial charge in [0, 0.05) is 69.0 Å². The van der Waals surface area contributed by atoms with Gasteiger partial charge in [-0.05, 0) is 37.7 Å². The SMILES string of the molecule is Cc1ccc(C(=O)CCC(=O)CCC(=O)NCc2ccccc2N2CCN(C)CC2)s1. The number of ketones is 2. The van der Waals surface area contributed by atoms with Crippen molar-refractivity contribution in [1.82, 2.24) is 10.2 Å². The van der Waals surface area contributed by atoms with Crippen LogP contribution in [0.25, 0.3) is 0 Å². The van der Waals surface area contributed by atoms with Crippen molar-refractivity contribution in [2.75, 3.05) is 38.1 Å². The van der Waals surface area contributed by atoms with Crippen LogP contribution in [0.4, 0.5) is 5.69 Å². The molecule has 1 aliphatic rings. The zero-order valence-electron chi connectivity index (χ0n) is 18.4. The highest BCUT2D eigenvalue weighted by Crippen LogP contribution is 2.22. The van der Waals surface area contributed by atoms with Gasteiger partial charge in [0.15, 0.2) is 5.78 Å². The van der Waals surface area contributed by atoms with E-state index in [4.69, 9.17) is 0 Å². The normalized spacial score (nSPS) is 14.5. The highest BCUT2D eigenvalue weighted by molar-refractivity contribution is 7.14. The zero-order valence-corrected chi connectivity index (χ0v) is 19.2. The van der Waals surface area contributed by atoms with Crippen LogP contribution < -0.4 is 10.2 Å². The molecule has 1 N–H and O–H groups in total. The number of piperazine rings is 1. The number of amides is 1. The average molecular weight is 442 g/mol. The van der Waals surface area contributed by atoms with Gasteiger partial charge in [-0.2, -0.15) is 0 Å². The molecule has 1 saturated heterocycles. The number of carbonyl (C=O) groups is 3. The van der Waals surface area contributed by atoms with E-state index in [0.29, 0.717) is 11.4 Å². The Morgan fingerprint density at radius 2 is 1.65 bits per heavy atom. The van der Waals surface area contributed by atoms with Crippen LogP contribution in [-0.4, -0.2) is 55.6 Å². The van der Waals surface area contributed by atoms with Crippen molar-refractivity contribution in [2.24, 2.45) is 0 Å². The van der Waals surface area contributed by atoms with Crippen LogP contribution >= 0.6 is 11.3 Å². The van der Waals surface area contributed by atoms with Crippen molar-refractivity contribution < 1.29 is 14.4 Å². The van der Waals surface area contributed by atoms with Crippen molar-refractivity contribution in [3.05, 3.63) is 51.7 Å². The fraction of sp³-hybridized carbons (Fsp3) is 0.458. The van der Waals surface area contributed by atoms with Gasteiger partial charge in [0.05, 0.1) is 4.88 Å². The Kier molecular flexibility index (Phi) is 8.37. The summed E-state index contributed by atoms with van der Waals surface area (Å²) in [5.74, 6) is -0.187. The standard InChI is InChI=1S/C24H31N3O3S/c1-18-7-11-23(31-18)22(29)10-8-20(28)9-12-24(30)25-17-19-5-3-4-6-21(19)27-15-13-26(2)14-16-27/h3-7,11H,8-10,12-17H2,1-2H3,(H,25,30). The number of likely N-dealkylation sites (N-methyl/N-ethyl adjacent to an activating group) is 1. The second-order valence-corrected chi connectivity index (χ2v) is 9.36. The van der Waals surface area contributed by atoms with Gasteiger partial charge in [-0.3, -0.25) is 14.4 Å². The van der Waals surface area contributed by atoms with Crippen LogP contribution in [0.15, 0.2) is 36.4 Å². The molecule has 0 spiro atoms. The van der Waals surface area contributed by atoms with E-state index < -0.39 is 0 Å². The lowest BCUT2D eigenvalue weighted by molar-refractivity contribution is -0.125.